The van der Waals surface area contributed by atoms with E-state index in [9.17, 15) is 0 Å². The Morgan fingerprint density at radius 2 is 2.05 bits per heavy atom. The highest BCUT2D eigenvalue weighted by Gasteiger charge is 2.36. The van der Waals surface area contributed by atoms with Gasteiger partial charge >= 0.3 is 0 Å². The van der Waals surface area contributed by atoms with Crippen LogP contribution in [0.1, 0.15) is 25.5 Å². The third-order valence-electron chi connectivity index (χ3n) is 4.21. The summed E-state index contributed by atoms with van der Waals surface area (Å²) in [5.74, 6) is 6.50. The molecule has 0 spiro atoms. The smallest absolute Gasteiger partial charge is 0.137 e. The van der Waals surface area contributed by atoms with Crippen molar-refractivity contribution in [3.63, 3.8) is 0 Å². The molecule has 5 nitrogen and oxygen atoms in total. The highest BCUT2D eigenvalue weighted by atomic mass is 35.5. The molecule has 21 heavy (non-hydrogen) atoms. The summed E-state index contributed by atoms with van der Waals surface area (Å²) in [6.45, 7) is 7.68. The number of nitrogens with zero attached hydrogens (tertiary/aromatic N) is 1. The lowest BCUT2D eigenvalue weighted by Crippen LogP contribution is -2.57. The number of benzene rings is 1. The van der Waals surface area contributed by atoms with Crippen molar-refractivity contribution in [1.29, 1.82) is 0 Å². The Labute approximate surface area is 131 Å². The van der Waals surface area contributed by atoms with Crippen LogP contribution in [-0.2, 0) is 4.74 Å². The lowest BCUT2D eigenvalue weighted by atomic mass is 9.87. The Kier molecular flexibility index (Phi) is 5.46. The highest BCUT2D eigenvalue weighted by Crippen LogP contribution is 2.35. The predicted molar refractivity (Wildman–Crippen MR) is 84.5 cm³/mol. The second-order valence-electron chi connectivity index (χ2n) is 5.75. The molecule has 0 aliphatic carbocycles. The van der Waals surface area contributed by atoms with Crippen LogP contribution in [0.15, 0.2) is 18.2 Å². The van der Waals surface area contributed by atoms with Crippen LogP contribution >= 0.6 is 11.6 Å². The zero-order chi connectivity index (χ0) is 15.5. The molecule has 3 N–H and O–H groups in total. The minimum absolute atomic E-state index is 0.0400. The van der Waals surface area contributed by atoms with Gasteiger partial charge in [0.25, 0.3) is 0 Å². The fraction of sp³-hybridized carbons (Fsp3) is 0.600. The fourth-order valence-corrected chi connectivity index (χ4v) is 3.08. The van der Waals surface area contributed by atoms with Crippen molar-refractivity contribution in [2.75, 3.05) is 33.4 Å². The molecule has 1 atom stereocenters. The number of nitrogens with two attached hydrogens (primary N) is 1. The molecule has 1 saturated heterocycles. The zero-order valence-corrected chi connectivity index (χ0v) is 13.6. The standard InChI is InChI=1S/C15H24ClN3O2/c1-15(2,19-6-8-21-9-7-19)14(18-17)11-4-5-12(16)13(10-11)20-3/h4-5,10,14,18H,6-9,17H2,1-3H3. The molecule has 1 heterocycles. The van der Waals surface area contributed by atoms with Gasteiger partial charge < -0.3 is 9.47 Å². The molecule has 1 aliphatic rings. The van der Waals surface area contributed by atoms with Crippen LogP contribution in [0.3, 0.4) is 0 Å². The number of halogens is 1. The van der Waals surface area contributed by atoms with Crippen molar-refractivity contribution in [2.24, 2.45) is 5.84 Å². The fourth-order valence-electron chi connectivity index (χ4n) is 2.89. The first-order chi connectivity index (χ1) is 10.0. The van der Waals surface area contributed by atoms with E-state index in [4.69, 9.17) is 26.9 Å². The summed E-state index contributed by atoms with van der Waals surface area (Å²) in [6.07, 6.45) is 0. The Balaban J connectivity index is 2.29. The van der Waals surface area contributed by atoms with E-state index in [0.29, 0.717) is 10.8 Å². The second kappa shape index (κ2) is 6.94. The van der Waals surface area contributed by atoms with Crippen molar-refractivity contribution >= 4 is 11.6 Å². The van der Waals surface area contributed by atoms with Gasteiger partial charge in [0.05, 0.1) is 31.4 Å². The van der Waals surface area contributed by atoms with Crippen molar-refractivity contribution in [3.8, 4) is 5.75 Å². The number of hydrogen-bond acceptors (Lipinski definition) is 5. The van der Waals surface area contributed by atoms with E-state index in [1.807, 2.05) is 18.2 Å². The first kappa shape index (κ1) is 16.5. The van der Waals surface area contributed by atoms with E-state index < -0.39 is 0 Å². The molecule has 118 valence electrons. The van der Waals surface area contributed by atoms with Crippen LogP contribution in [0, 0.1) is 0 Å². The van der Waals surface area contributed by atoms with Gasteiger partial charge in [0.1, 0.15) is 5.75 Å². The zero-order valence-electron chi connectivity index (χ0n) is 12.9. The Morgan fingerprint density at radius 3 is 2.62 bits per heavy atom. The summed E-state index contributed by atoms with van der Waals surface area (Å²) >= 11 is 6.10. The molecule has 0 aromatic heterocycles. The number of morpholine rings is 1. The van der Waals surface area contributed by atoms with Crippen molar-refractivity contribution in [2.45, 2.75) is 25.4 Å². The summed E-state index contributed by atoms with van der Waals surface area (Å²) in [5.41, 5.74) is 3.84. The molecule has 1 unspecified atom stereocenters. The monoisotopic (exact) mass is 313 g/mol. The van der Waals surface area contributed by atoms with Crippen molar-refractivity contribution in [1.82, 2.24) is 10.3 Å². The van der Waals surface area contributed by atoms with Gasteiger partial charge in [0.15, 0.2) is 0 Å². The number of rotatable bonds is 5. The number of hydrogen-bond donors (Lipinski definition) is 2. The van der Waals surface area contributed by atoms with E-state index in [0.717, 1.165) is 31.9 Å². The van der Waals surface area contributed by atoms with Crippen molar-refractivity contribution in [3.05, 3.63) is 28.8 Å². The van der Waals surface area contributed by atoms with E-state index >= 15 is 0 Å². The third-order valence-corrected chi connectivity index (χ3v) is 4.52. The normalized spacial score (nSPS) is 18.5. The SMILES string of the molecule is COc1cc(C(NN)C(C)(C)N2CCOCC2)ccc1Cl. The lowest BCUT2D eigenvalue weighted by molar-refractivity contribution is -0.0238. The maximum Gasteiger partial charge on any atom is 0.137 e. The maximum absolute atomic E-state index is 6.10. The van der Waals surface area contributed by atoms with Gasteiger partial charge in [0.2, 0.25) is 0 Å². The molecule has 1 fully saturated rings. The van der Waals surface area contributed by atoms with Crippen LogP contribution in [0.4, 0.5) is 0 Å². The largest absolute Gasteiger partial charge is 0.495 e. The molecule has 2 rings (SSSR count). The lowest BCUT2D eigenvalue weighted by Gasteiger charge is -2.45. The molecule has 0 saturated carbocycles. The number of nitrogens with one attached hydrogen (secondary N) is 1. The molecule has 6 heteroatoms. The molecule has 1 aromatic carbocycles. The minimum Gasteiger partial charge on any atom is -0.495 e. The van der Waals surface area contributed by atoms with Gasteiger partial charge in [-0.25, -0.2) is 0 Å². The molecule has 0 amide bonds. The van der Waals surface area contributed by atoms with Crippen molar-refractivity contribution < 1.29 is 9.47 Å². The summed E-state index contributed by atoms with van der Waals surface area (Å²) in [6, 6.07) is 5.73. The van der Waals surface area contributed by atoms with Crippen LogP contribution in [0.2, 0.25) is 5.02 Å². The molecular weight excluding hydrogens is 290 g/mol. The van der Waals surface area contributed by atoms with Gasteiger partial charge in [-0.3, -0.25) is 16.2 Å². The van der Waals surface area contributed by atoms with Gasteiger partial charge in [-0.2, -0.15) is 0 Å². The van der Waals surface area contributed by atoms with Gasteiger partial charge in [-0.05, 0) is 31.5 Å². The molecule has 1 aromatic rings. The van der Waals surface area contributed by atoms with Crippen LogP contribution < -0.4 is 16.0 Å². The highest BCUT2D eigenvalue weighted by molar-refractivity contribution is 6.32. The van der Waals surface area contributed by atoms with Crippen LogP contribution in [0.5, 0.6) is 5.75 Å². The third kappa shape index (κ3) is 3.49. The Morgan fingerprint density at radius 1 is 1.38 bits per heavy atom. The van der Waals surface area contributed by atoms with Crippen LogP contribution in [0.25, 0.3) is 0 Å². The Bertz CT molecular complexity index is 476. The van der Waals surface area contributed by atoms with Gasteiger partial charge in [-0.1, -0.05) is 17.7 Å². The van der Waals surface area contributed by atoms with Gasteiger partial charge in [0, 0.05) is 18.6 Å². The molecule has 0 radical (unpaired) electrons. The second-order valence-corrected chi connectivity index (χ2v) is 6.15. The van der Waals surface area contributed by atoms with Crippen LogP contribution in [-0.4, -0.2) is 43.9 Å². The van der Waals surface area contributed by atoms with Gasteiger partial charge in [-0.15, -0.1) is 0 Å². The summed E-state index contributed by atoms with van der Waals surface area (Å²) in [7, 11) is 1.61. The Hall–Kier alpha value is -0.850. The maximum atomic E-state index is 6.10. The van der Waals surface area contributed by atoms with E-state index in [1.165, 1.54) is 0 Å². The quantitative estimate of drug-likeness (QED) is 0.643. The summed E-state index contributed by atoms with van der Waals surface area (Å²) in [4.78, 5) is 2.39. The number of ether oxygens (including phenoxy) is 2. The average molecular weight is 314 g/mol. The first-order valence-corrected chi connectivity index (χ1v) is 7.51. The number of hydrazine groups is 1. The summed E-state index contributed by atoms with van der Waals surface area (Å²) < 4.78 is 10.7. The summed E-state index contributed by atoms with van der Waals surface area (Å²) in [5, 5.41) is 0.598. The predicted octanol–water partition coefficient (Wildman–Crippen LogP) is 1.96. The molecule has 0 bridgehead atoms. The molecule has 1 aliphatic heterocycles. The van der Waals surface area contributed by atoms with E-state index in [-0.39, 0.29) is 11.6 Å². The average Bonchev–Trinajstić information content (AvgIpc) is 2.50. The first-order valence-electron chi connectivity index (χ1n) is 7.13. The number of methoxy groups -OCH3 is 1. The topological polar surface area (TPSA) is 59.8 Å². The van der Waals surface area contributed by atoms with E-state index in [2.05, 4.69) is 24.2 Å². The van der Waals surface area contributed by atoms with E-state index in [1.54, 1.807) is 7.11 Å². The molecular formula is C15H24ClN3O2. The minimum atomic E-state index is -0.155.